The number of ether oxygens (including phenoxy) is 2. The second kappa shape index (κ2) is 23.2. The lowest BCUT2D eigenvalue weighted by Crippen LogP contribution is -2.64. The van der Waals surface area contributed by atoms with Crippen LogP contribution in [0.5, 0.6) is 0 Å². The van der Waals surface area contributed by atoms with Gasteiger partial charge in [-0.25, -0.2) is 9.78 Å². The lowest BCUT2D eigenvalue weighted by atomic mass is 9.82. The van der Waals surface area contributed by atoms with E-state index in [4.69, 9.17) is 9.47 Å². The fraction of sp³-hybridized carbons (Fsp3) is 0.638. The minimum absolute atomic E-state index is 0.0262. The van der Waals surface area contributed by atoms with Crippen molar-refractivity contribution < 1.29 is 48.1 Å². The van der Waals surface area contributed by atoms with Crippen molar-refractivity contribution in [1.82, 2.24) is 36.5 Å². The molecule has 1 aliphatic heterocycles. The second-order valence-corrected chi connectivity index (χ2v) is 21.3. The molecule has 8 atom stereocenters. The number of carboxylic acid groups (broad SMARTS) is 1. The molecule has 18 nitrogen and oxygen atoms in total. The predicted molar refractivity (Wildman–Crippen MR) is 251 cm³/mol. The molecule has 0 aliphatic carbocycles. The predicted octanol–water partition coefficient (Wildman–Crippen LogP) is 4.96. The number of aliphatic carboxylic acids is 1. The third-order valence-corrected chi connectivity index (χ3v) is 12.0. The van der Waals surface area contributed by atoms with Gasteiger partial charge in [-0.05, 0) is 55.4 Å². The van der Waals surface area contributed by atoms with Gasteiger partial charge in [-0.15, -0.1) is 11.3 Å². The van der Waals surface area contributed by atoms with Gasteiger partial charge < -0.3 is 41.2 Å². The van der Waals surface area contributed by atoms with Crippen molar-refractivity contribution in [3.8, 4) is 0 Å². The Morgan fingerprint density at radius 3 is 1.95 bits per heavy atom. The first-order valence-corrected chi connectivity index (χ1v) is 23.2. The highest BCUT2D eigenvalue weighted by molar-refractivity contribution is 7.09. The molecular weight excluding hydrogens is 869 g/mol. The van der Waals surface area contributed by atoms with Gasteiger partial charge in [0.25, 0.3) is 0 Å². The molecular formula is C47H72N8O10S. The topological polar surface area (TPSA) is 247 Å². The molecule has 1 aromatic heterocycles. The molecule has 0 spiro atoms. The highest BCUT2D eigenvalue weighted by Gasteiger charge is 2.44. The molecule has 2 aromatic rings. The number of rotatable bonds is 18. The van der Waals surface area contributed by atoms with Gasteiger partial charge in [-0.2, -0.15) is 0 Å². The van der Waals surface area contributed by atoms with Crippen LogP contribution in [0.1, 0.15) is 125 Å². The number of methoxy groups -OCH3 is 1. The molecule has 1 aliphatic rings. The normalized spacial score (nSPS) is 18.5. The van der Waals surface area contributed by atoms with Crippen LogP contribution in [0.25, 0.3) is 0 Å². The highest BCUT2D eigenvalue weighted by Crippen LogP contribution is 2.29. The summed E-state index contributed by atoms with van der Waals surface area (Å²) in [6, 6.07) is 2.81. The summed E-state index contributed by atoms with van der Waals surface area (Å²) in [7, 11) is 1.24. The van der Waals surface area contributed by atoms with Crippen molar-refractivity contribution in [2.75, 3.05) is 20.2 Å². The molecule has 3 rings (SSSR count). The summed E-state index contributed by atoms with van der Waals surface area (Å²) in [5, 5.41) is 26.9. The average molecular weight is 941 g/mol. The van der Waals surface area contributed by atoms with E-state index in [1.807, 2.05) is 37.3 Å². The summed E-state index contributed by atoms with van der Waals surface area (Å²) in [6.07, 6.45) is 1.26. The molecule has 0 radical (unpaired) electrons. The number of nitrogens with one attached hydrogen (secondary N) is 5. The van der Waals surface area contributed by atoms with E-state index >= 15 is 0 Å². The standard InChI is InChI=1S/C47H72N8O10S/c1-26(2)33(51-41(61)35-27(3)20-22-55(35)44(63)65-47(11,12)13)39(59)54-36(45(5,6)7)38(49-25-31(56)57)53-37(46(8,9)10)42(62)52-34(28(4)29-18-16-15-17-19-29)40(60)50-30(24-32(58)64-14)43-48-21-23-66-43/h15-19,21,23,26-28,30,33-37H,20,22,24-25H2,1-14H3,(H,49,53)(H,50,60)(H,51,61)(H,52,62)(H,54,59)(H,56,57)/t27-,28+,30-,33+,34+,35+,36-,37-/m1/s1. The Morgan fingerprint density at radius 2 is 1.44 bits per heavy atom. The number of aliphatic imine (C=N–C) groups is 1. The number of carbonyl (C=O) groups is 7. The van der Waals surface area contributed by atoms with Crippen molar-refractivity contribution >= 4 is 58.8 Å². The van der Waals surface area contributed by atoms with E-state index in [0.29, 0.717) is 18.0 Å². The van der Waals surface area contributed by atoms with Crippen LogP contribution in [-0.2, 0) is 38.2 Å². The monoisotopic (exact) mass is 941 g/mol. The summed E-state index contributed by atoms with van der Waals surface area (Å²) >= 11 is 1.25. The van der Waals surface area contributed by atoms with Crippen molar-refractivity contribution in [1.29, 1.82) is 0 Å². The number of benzene rings is 1. The minimum atomic E-state index is -1.27. The molecule has 0 bridgehead atoms. The Morgan fingerprint density at radius 1 is 0.833 bits per heavy atom. The smallest absolute Gasteiger partial charge is 0.410 e. The van der Waals surface area contributed by atoms with Gasteiger partial charge in [0.2, 0.25) is 23.6 Å². The number of hydrogen-bond donors (Lipinski definition) is 6. The molecule has 366 valence electrons. The summed E-state index contributed by atoms with van der Waals surface area (Å²) in [4.78, 5) is 105. The van der Waals surface area contributed by atoms with Gasteiger partial charge in [0.05, 0.1) is 25.6 Å². The fourth-order valence-corrected chi connectivity index (χ4v) is 8.18. The quantitative estimate of drug-likeness (QED) is 0.0660. The Kier molecular flexibility index (Phi) is 19.3. The summed E-state index contributed by atoms with van der Waals surface area (Å²) in [5.41, 5.74) is -1.84. The van der Waals surface area contributed by atoms with E-state index in [-0.39, 0.29) is 18.2 Å². The fourth-order valence-electron chi connectivity index (χ4n) is 7.49. The zero-order chi connectivity index (χ0) is 49.9. The number of aromatic nitrogens is 1. The van der Waals surface area contributed by atoms with Crippen LogP contribution in [0, 0.1) is 22.7 Å². The van der Waals surface area contributed by atoms with Crippen LogP contribution in [0.4, 0.5) is 4.79 Å². The van der Waals surface area contributed by atoms with Crippen LogP contribution in [-0.4, -0.2) is 118 Å². The van der Waals surface area contributed by atoms with Crippen molar-refractivity contribution in [3.63, 3.8) is 0 Å². The first-order valence-electron chi connectivity index (χ1n) is 22.3. The number of nitrogens with zero attached hydrogens (tertiary/aromatic N) is 3. The largest absolute Gasteiger partial charge is 0.480 e. The van der Waals surface area contributed by atoms with Crippen molar-refractivity contribution in [2.24, 2.45) is 27.7 Å². The van der Waals surface area contributed by atoms with Crippen molar-refractivity contribution in [2.45, 2.75) is 151 Å². The number of hydrogen-bond acceptors (Lipinski definition) is 12. The second-order valence-electron chi connectivity index (χ2n) is 20.4. The van der Waals surface area contributed by atoms with Gasteiger partial charge in [0, 0.05) is 24.0 Å². The molecule has 66 heavy (non-hydrogen) atoms. The first-order chi connectivity index (χ1) is 30.5. The van der Waals surface area contributed by atoms with E-state index in [1.54, 1.807) is 94.7 Å². The van der Waals surface area contributed by atoms with Crippen LogP contribution in [0.15, 0.2) is 46.9 Å². The van der Waals surface area contributed by atoms with E-state index < -0.39 is 113 Å². The van der Waals surface area contributed by atoms with Crippen LogP contribution < -0.4 is 26.6 Å². The summed E-state index contributed by atoms with van der Waals surface area (Å²) in [5.74, 6) is -5.51. The maximum atomic E-state index is 14.8. The van der Waals surface area contributed by atoms with Crippen LogP contribution in [0.2, 0.25) is 0 Å². The number of amidine groups is 1. The molecule has 2 heterocycles. The summed E-state index contributed by atoms with van der Waals surface area (Å²) < 4.78 is 10.5. The van der Waals surface area contributed by atoms with E-state index in [9.17, 15) is 38.7 Å². The number of thiazole rings is 1. The van der Waals surface area contributed by atoms with E-state index in [2.05, 4.69) is 36.6 Å². The number of likely N-dealkylation sites (tertiary alicyclic amines) is 1. The number of carboxylic acids is 1. The third-order valence-electron chi connectivity index (χ3n) is 11.1. The average Bonchev–Trinajstić information content (AvgIpc) is 3.89. The Balaban J connectivity index is 2.02. The zero-order valence-corrected chi connectivity index (χ0v) is 41.8. The van der Waals surface area contributed by atoms with Gasteiger partial charge in [0.15, 0.2) is 0 Å². The minimum Gasteiger partial charge on any atom is -0.480 e. The lowest BCUT2D eigenvalue weighted by Gasteiger charge is -2.39. The summed E-state index contributed by atoms with van der Waals surface area (Å²) in [6.45, 7) is 22.7. The SMILES string of the molecule is COC(=O)C[C@@H](NC(=O)[C@@H](NC(=O)[C@@H](NC(=NCC(=O)O)[C@@H](NC(=O)[C@@H](NC(=O)[C@@H]1[C@H](C)CCN1C(=O)OC(C)(C)C)C(C)C)C(C)(C)C)C(C)(C)C)[C@@H](C)c1ccccc1)c1nccs1. The molecule has 6 N–H and O–H groups in total. The molecule has 19 heteroatoms. The van der Waals surface area contributed by atoms with E-state index in [0.717, 1.165) is 5.56 Å². The molecule has 0 unspecified atom stereocenters. The van der Waals surface area contributed by atoms with Gasteiger partial charge in [0.1, 0.15) is 47.2 Å². The highest BCUT2D eigenvalue weighted by atomic mass is 32.1. The molecule has 1 aromatic carbocycles. The lowest BCUT2D eigenvalue weighted by molar-refractivity contribution is -0.142. The Labute approximate surface area is 393 Å². The molecule has 1 fully saturated rings. The van der Waals surface area contributed by atoms with Gasteiger partial charge in [-0.3, -0.25) is 38.7 Å². The molecule has 0 saturated carbocycles. The van der Waals surface area contributed by atoms with E-state index in [1.165, 1.54) is 23.3 Å². The third kappa shape index (κ3) is 15.8. The maximum absolute atomic E-state index is 14.8. The first kappa shape index (κ1) is 54.7. The van der Waals surface area contributed by atoms with Gasteiger partial charge in [-0.1, -0.05) is 99.6 Å². The Hall–Kier alpha value is -5.59. The van der Waals surface area contributed by atoms with Crippen molar-refractivity contribution in [3.05, 3.63) is 52.5 Å². The number of carbonyl (C=O) groups excluding carboxylic acids is 6. The Bertz CT molecular complexity index is 2020. The molecule has 5 amide bonds. The number of amides is 5. The molecule has 1 saturated heterocycles. The van der Waals surface area contributed by atoms with Crippen LogP contribution >= 0.6 is 11.3 Å². The maximum Gasteiger partial charge on any atom is 0.410 e. The zero-order valence-electron chi connectivity index (χ0n) is 40.9. The van der Waals surface area contributed by atoms with Gasteiger partial charge >= 0.3 is 18.0 Å². The van der Waals surface area contributed by atoms with Crippen LogP contribution in [0.3, 0.4) is 0 Å². The number of esters is 1.